The molecular weight excluding hydrogens is 316 g/mol. The van der Waals surface area contributed by atoms with Crippen LogP contribution in [0.1, 0.15) is 60.2 Å². The molecule has 0 spiro atoms. The fourth-order valence-electron chi connectivity index (χ4n) is 2.57. The standard InChI is InChI=1S/C16H22N2O4S/c1-3-5-6-11(4-2)10-17-23(21,22)12-7-8-13-14(9-12)16(20)18-15(13)19/h7-9,11,17H,3-6,10H2,1-2H3,(H,18,19,20). The number of carbonyl (C=O) groups is 2. The highest BCUT2D eigenvalue weighted by molar-refractivity contribution is 7.89. The van der Waals surface area contributed by atoms with E-state index < -0.39 is 21.8 Å². The first-order chi connectivity index (χ1) is 10.9. The number of amides is 2. The highest BCUT2D eigenvalue weighted by Crippen LogP contribution is 2.20. The molecule has 6 nitrogen and oxygen atoms in total. The van der Waals surface area contributed by atoms with Crippen LogP contribution in [0.5, 0.6) is 0 Å². The first-order valence-corrected chi connectivity index (χ1v) is 9.36. The van der Waals surface area contributed by atoms with Gasteiger partial charge in [0.15, 0.2) is 0 Å². The zero-order valence-corrected chi connectivity index (χ0v) is 14.2. The summed E-state index contributed by atoms with van der Waals surface area (Å²) < 4.78 is 27.4. The highest BCUT2D eigenvalue weighted by Gasteiger charge is 2.28. The summed E-state index contributed by atoms with van der Waals surface area (Å²) in [6, 6.07) is 3.98. The van der Waals surface area contributed by atoms with Crippen LogP contribution in [0.15, 0.2) is 23.1 Å². The van der Waals surface area contributed by atoms with Crippen molar-refractivity contribution in [1.29, 1.82) is 0 Å². The van der Waals surface area contributed by atoms with E-state index in [4.69, 9.17) is 0 Å². The Kier molecular flexibility index (Phi) is 5.54. The minimum absolute atomic E-state index is 0.00597. The molecule has 0 bridgehead atoms. The topological polar surface area (TPSA) is 92.3 Å². The lowest BCUT2D eigenvalue weighted by molar-refractivity contribution is 0.0879. The van der Waals surface area contributed by atoms with E-state index in [1.54, 1.807) is 0 Å². The zero-order valence-electron chi connectivity index (χ0n) is 13.4. The van der Waals surface area contributed by atoms with Crippen LogP contribution in [0, 0.1) is 5.92 Å². The molecule has 2 rings (SSSR count). The third-order valence-corrected chi connectivity index (χ3v) is 5.54. The minimum Gasteiger partial charge on any atom is -0.288 e. The van der Waals surface area contributed by atoms with Gasteiger partial charge in [0.1, 0.15) is 0 Å². The Morgan fingerprint density at radius 3 is 2.48 bits per heavy atom. The first-order valence-electron chi connectivity index (χ1n) is 7.88. The lowest BCUT2D eigenvalue weighted by Crippen LogP contribution is -2.29. The van der Waals surface area contributed by atoms with Gasteiger partial charge in [-0.15, -0.1) is 0 Å². The molecule has 1 atom stereocenters. The summed E-state index contributed by atoms with van der Waals surface area (Å²) in [7, 11) is -3.69. The summed E-state index contributed by atoms with van der Waals surface area (Å²) in [5.74, 6) is -0.757. The summed E-state index contributed by atoms with van der Waals surface area (Å²) in [5, 5.41) is 2.15. The normalized spacial score (nSPS) is 15.4. The van der Waals surface area contributed by atoms with Gasteiger partial charge in [0.25, 0.3) is 11.8 Å². The number of hydrogen-bond donors (Lipinski definition) is 2. The van der Waals surface area contributed by atoms with Crippen molar-refractivity contribution in [3.8, 4) is 0 Å². The Labute approximate surface area is 136 Å². The Bertz CT molecular complexity index is 713. The van der Waals surface area contributed by atoms with Crippen molar-refractivity contribution in [2.24, 2.45) is 5.92 Å². The number of imide groups is 1. The van der Waals surface area contributed by atoms with Gasteiger partial charge in [-0.05, 0) is 30.5 Å². The zero-order chi connectivity index (χ0) is 17.0. The van der Waals surface area contributed by atoms with E-state index in [2.05, 4.69) is 17.0 Å². The molecule has 1 aromatic carbocycles. The van der Waals surface area contributed by atoms with Gasteiger partial charge in [0.05, 0.1) is 16.0 Å². The van der Waals surface area contributed by atoms with Gasteiger partial charge < -0.3 is 0 Å². The van der Waals surface area contributed by atoms with Gasteiger partial charge in [0, 0.05) is 6.54 Å². The fraction of sp³-hybridized carbons (Fsp3) is 0.500. The fourth-order valence-corrected chi connectivity index (χ4v) is 3.71. The summed E-state index contributed by atoms with van der Waals surface area (Å²) >= 11 is 0. The molecule has 0 fully saturated rings. The summed E-state index contributed by atoms with van der Waals surface area (Å²) in [6.07, 6.45) is 4.04. The lowest BCUT2D eigenvalue weighted by Gasteiger charge is -2.15. The van der Waals surface area contributed by atoms with Crippen LogP contribution in [-0.2, 0) is 10.0 Å². The Morgan fingerprint density at radius 2 is 1.83 bits per heavy atom. The third kappa shape index (κ3) is 3.97. The van der Waals surface area contributed by atoms with Crippen molar-refractivity contribution in [3.63, 3.8) is 0 Å². The van der Waals surface area contributed by atoms with Crippen LogP contribution < -0.4 is 10.0 Å². The number of fused-ring (bicyclic) bond motifs is 1. The van der Waals surface area contributed by atoms with E-state index in [0.29, 0.717) is 12.5 Å². The molecular formula is C16H22N2O4S. The van der Waals surface area contributed by atoms with Crippen molar-refractivity contribution >= 4 is 21.8 Å². The van der Waals surface area contributed by atoms with Crippen molar-refractivity contribution in [2.75, 3.05) is 6.54 Å². The van der Waals surface area contributed by atoms with Crippen LogP contribution in [0.2, 0.25) is 0 Å². The molecule has 2 amide bonds. The van der Waals surface area contributed by atoms with Crippen LogP contribution >= 0.6 is 0 Å². The van der Waals surface area contributed by atoms with Crippen molar-refractivity contribution in [3.05, 3.63) is 29.3 Å². The van der Waals surface area contributed by atoms with Gasteiger partial charge in [0.2, 0.25) is 10.0 Å². The molecule has 0 aromatic heterocycles. The van der Waals surface area contributed by atoms with Crippen LogP contribution in [0.25, 0.3) is 0 Å². The van der Waals surface area contributed by atoms with Crippen LogP contribution in [0.3, 0.4) is 0 Å². The van der Waals surface area contributed by atoms with E-state index in [1.165, 1.54) is 18.2 Å². The molecule has 0 aliphatic carbocycles. The van der Waals surface area contributed by atoms with Crippen molar-refractivity contribution < 1.29 is 18.0 Å². The van der Waals surface area contributed by atoms with Crippen LogP contribution in [0.4, 0.5) is 0 Å². The molecule has 23 heavy (non-hydrogen) atoms. The second-order valence-electron chi connectivity index (χ2n) is 5.76. The predicted molar refractivity (Wildman–Crippen MR) is 86.7 cm³/mol. The van der Waals surface area contributed by atoms with Gasteiger partial charge in [-0.25, -0.2) is 13.1 Å². The van der Waals surface area contributed by atoms with Gasteiger partial charge in [-0.3, -0.25) is 14.9 Å². The highest BCUT2D eigenvalue weighted by atomic mass is 32.2. The number of nitrogens with one attached hydrogen (secondary N) is 2. The van der Waals surface area contributed by atoms with Gasteiger partial charge in [-0.1, -0.05) is 33.1 Å². The molecule has 1 aliphatic rings. The second-order valence-corrected chi connectivity index (χ2v) is 7.53. The quantitative estimate of drug-likeness (QED) is 0.710. The van der Waals surface area contributed by atoms with Gasteiger partial charge in [-0.2, -0.15) is 0 Å². The minimum atomic E-state index is -3.69. The SMILES string of the molecule is CCCCC(CC)CNS(=O)(=O)c1ccc2c(c1)C(=O)NC2=O. The van der Waals surface area contributed by atoms with Crippen LogP contribution in [-0.4, -0.2) is 26.8 Å². The van der Waals surface area contributed by atoms with Crippen molar-refractivity contribution in [2.45, 2.75) is 44.4 Å². The Balaban J connectivity index is 2.13. The average molecular weight is 338 g/mol. The lowest BCUT2D eigenvalue weighted by atomic mass is 10.00. The first kappa shape index (κ1) is 17.6. The Morgan fingerprint density at radius 1 is 1.13 bits per heavy atom. The number of benzene rings is 1. The molecule has 126 valence electrons. The summed E-state index contributed by atoms with van der Waals surface area (Å²) in [6.45, 7) is 4.52. The molecule has 1 aliphatic heterocycles. The molecule has 0 saturated carbocycles. The molecule has 1 heterocycles. The maximum atomic E-state index is 12.4. The molecule has 2 N–H and O–H groups in total. The second kappa shape index (κ2) is 7.23. The third-order valence-electron chi connectivity index (χ3n) is 4.12. The monoisotopic (exact) mass is 338 g/mol. The number of sulfonamides is 1. The van der Waals surface area contributed by atoms with E-state index in [9.17, 15) is 18.0 Å². The number of carbonyl (C=O) groups excluding carboxylic acids is 2. The van der Waals surface area contributed by atoms with Crippen molar-refractivity contribution in [1.82, 2.24) is 10.0 Å². The van der Waals surface area contributed by atoms with E-state index in [0.717, 1.165) is 25.7 Å². The smallest absolute Gasteiger partial charge is 0.258 e. The number of unbranched alkanes of at least 4 members (excludes halogenated alkanes) is 1. The number of hydrogen-bond acceptors (Lipinski definition) is 4. The largest absolute Gasteiger partial charge is 0.288 e. The molecule has 1 aromatic rings. The average Bonchev–Trinajstić information content (AvgIpc) is 2.82. The molecule has 1 unspecified atom stereocenters. The van der Waals surface area contributed by atoms with E-state index >= 15 is 0 Å². The predicted octanol–water partition coefficient (Wildman–Crippen LogP) is 2.06. The molecule has 0 radical (unpaired) electrons. The van der Waals surface area contributed by atoms with E-state index in [-0.39, 0.29) is 16.0 Å². The molecule has 0 saturated heterocycles. The molecule has 7 heteroatoms. The van der Waals surface area contributed by atoms with Gasteiger partial charge >= 0.3 is 0 Å². The summed E-state index contributed by atoms with van der Waals surface area (Å²) in [5.41, 5.74) is 0.319. The Hall–Kier alpha value is -1.73. The maximum Gasteiger partial charge on any atom is 0.258 e. The maximum absolute atomic E-state index is 12.4. The summed E-state index contributed by atoms with van der Waals surface area (Å²) in [4.78, 5) is 23.1. The number of rotatable bonds is 8. The van der Waals surface area contributed by atoms with E-state index in [1.807, 2.05) is 6.92 Å².